The van der Waals surface area contributed by atoms with E-state index in [1.165, 1.54) is 11.3 Å². The van der Waals surface area contributed by atoms with Crippen molar-refractivity contribution in [3.05, 3.63) is 33.7 Å². The Kier molecular flexibility index (Phi) is 3.41. The molecule has 18 heavy (non-hydrogen) atoms. The Bertz CT molecular complexity index is 607. The van der Waals surface area contributed by atoms with Crippen LogP contribution >= 0.6 is 23.1 Å². The minimum atomic E-state index is 0.00701. The lowest BCUT2D eigenvalue weighted by Crippen LogP contribution is -2.15. The van der Waals surface area contributed by atoms with Crippen LogP contribution in [0.1, 0.15) is 19.0 Å². The molecule has 0 unspecified atom stereocenters. The van der Waals surface area contributed by atoms with Crippen molar-refractivity contribution in [1.29, 1.82) is 0 Å². The number of hydrogen-bond acceptors (Lipinski definition) is 5. The number of ether oxygens (including phenoxy) is 1. The Hall–Kier alpha value is -0.850. The molecule has 0 amide bonds. The highest BCUT2D eigenvalue weighted by molar-refractivity contribution is 7.99. The fourth-order valence-corrected chi connectivity index (χ4v) is 3.97. The van der Waals surface area contributed by atoms with Gasteiger partial charge in [0.2, 0.25) is 0 Å². The standard InChI is InChI=1S/C12H14N2O2S2/c1-8-10(2-4-16-8)18-7-9-6-11(15)14-3-5-17-12(14)13-9/h3,5-6,8,10H,2,4,7H2,1H3/t8-,10+/m0/s1. The predicted molar refractivity (Wildman–Crippen MR) is 74.5 cm³/mol. The van der Waals surface area contributed by atoms with Crippen LogP contribution in [0.3, 0.4) is 0 Å². The molecule has 3 heterocycles. The fourth-order valence-electron chi connectivity index (χ4n) is 2.09. The molecule has 2 aromatic rings. The Balaban J connectivity index is 1.76. The lowest BCUT2D eigenvalue weighted by atomic mass is 10.3. The molecule has 96 valence electrons. The molecule has 2 atom stereocenters. The van der Waals surface area contributed by atoms with E-state index in [-0.39, 0.29) is 5.56 Å². The van der Waals surface area contributed by atoms with Crippen LogP contribution in [-0.2, 0) is 10.5 Å². The zero-order valence-electron chi connectivity index (χ0n) is 10.0. The summed E-state index contributed by atoms with van der Waals surface area (Å²) in [5, 5.41) is 2.40. The SMILES string of the molecule is C[C@@H]1OCC[C@H]1SCc1cc(=O)n2ccsc2n1. The lowest BCUT2D eigenvalue weighted by Gasteiger charge is -2.12. The van der Waals surface area contributed by atoms with Gasteiger partial charge in [0.25, 0.3) is 5.56 Å². The number of hydrogen-bond donors (Lipinski definition) is 0. The normalized spacial score (nSPS) is 23.8. The number of fused-ring (bicyclic) bond motifs is 1. The second-order valence-corrected chi connectivity index (χ2v) is 6.46. The van der Waals surface area contributed by atoms with Gasteiger partial charge in [-0.1, -0.05) is 0 Å². The van der Waals surface area contributed by atoms with E-state index in [1.807, 2.05) is 17.1 Å². The smallest absolute Gasteiger partial charge is 0.258 e. The number of nitrogens with zero attached hydrogens (tertiary/aromatic N) is 2. The molecule has 0 bridgehead atoms. The lowest BCUT2D eigenvalue weighted by molar-refractivity contribution is 0.127. The summed E-state index contributed by atoms with van der Waals surface area (Å²) in [5.41, 5.74) is 0.874. The second-order valence-electron chi connectivity index (χ2n) is 4.36. The molecule has 0 spiro atoms. The van der Waals surface area contributed by atoms with Crippen LogP contribution in [0.25, 0.3) is 4.96 Å². The molecule has 0 radical (unpaired) electrons. The van der Waals surface area contributed by atoms with Gasteiger partial charge in [0.15, 0.2) is 4.96 Å². The highest BCUT2D eigenvalue weighted by atomic mass is 32.2. The highest BCUT2D eigenvalue weighted by Crippen LogP contribution is 2.28. The zero-order chi connectivity index (χ0) is 12.5. The molecular formula is C12H14N2O2S2. The Morgan fingerprint density at radius 2 is 2.56 bits per heavy atom. The van der Waals surface area contributed by atoms with Gasteiger partial charge in [-0.2, -0.15) is 0 Å². The molecule has 2 aromatic heterocycles. The molecule has 3 rings (SSSR count). The maximum Gasteiger partial charge on any atom is 0.258 e. The third-order valence-corrected chi connectivity index (χ3v) is 5.37. The van der Waals surface area contributed by atoms with Crippen molar-refractivity contribution in [3.8, 4) is 0 Å². The van der Waals surface area contributed by atoms with Gasteiger partial charge in [-0.25, -0.2) is 4.98 Å². The molecule has 0 aliphatic carbocycles. The summed E-state index contributed by atoms with van der Waals surface area (Å²) in [6.07, 6.45) is 3.16. The van der Waals surface area contributed by atoms with Crippen LogP contribution in [-0.4, -0.2) is 27.3 Å². The number of aromatic nitrogens is 2. The van der Waals surface area contributed by atoms with E-state index in [0.717, 1.165) is 29.4 Å². The Labute approximate surface area is 113 Å². The van der Waals surface area contributed by atoms with Crippen molar-refractivity contribution >= 4 is 28.1 Å². The third kappa shape index (κ3) is 2.32. The van der Waals surface area contributed by atoms with Crippen LogP contribution in [0.5, 0.6) is 0 Å². The van der Waals surface area contributed by atoms with Crippen LogP contribution < -0.4 is 5.56 Å². The molecular weight excluding hydrogens is 268 g/mol. The van der Waals surface area contributed by atoms with Crippen molar-refractivity contribution in [2.45, 2.75) is 30.5 Å². The summed E-state index contributed by atoms with van der Waals surface area (Å²) in [6, 6.07) is 1.63. The van der Waals surface area contributed by atoms with Crippen molar-refractivity contribution in [1.82, 2.24) is 9.38 Å². The molecule has 1 aliphatic rings. The number of thiazole rings is 1. The summed E-state index contributed by atoms with van der Waals surface area (Å²) in [6.45, 7) is 2.95. The summed E-state index contributed by atoms with van der Waals surface area (Å²) < 4.78 is 7.11. The second kappa shape index (κ2) is 5.03. The topological polar surface area (TPSA) is 43.6 Å². The van der Waals surface area contributed by atoms with Gasteiger partial charge in [0.05, 0.1) is 11.8 Å². The maximum absolute atomic E-state index is 11.8. The molecule has 0 N–H and O–H groups in total. The summed E-state index contributed by atoms with van der Waals surface area (Å²) in [4.78, 5) is 17.1. The van der Waals surface area contributed by atoms with E-state index < -0.39 is 0 Å². The van der Waals surface area contributed by atoms with Crippen molar-refractivity contribution in [2.75, 3.05) is 6.61 Å². The monoisotopic (exact) mass is 282 g/mol. The van der Waals surface area contributed by atoms with Crippen molar-refractivity contribution in [2.24, 2.45) is 0 Å². The first-order chi connectivity index (χ1) is 8.74. The van der Waals surface area contributed by atoms with Crippen LogP contribution in [0.4, 0.5) is 0 Å². The average Bonchev–Trinajstić information content (AvgIpc) is 2.95. The largest absolute Gasteiger partial charge is 0.377 e. The van der Waals surface area contributed by atoms with Gasteiger partial charge >= 0.3 is 0 Å². The fraction of sp³-hybridized carbons (Fsp3) is 0.500. The molecule has 1 fully saturated rings. The first-order valence-corrected chi connectivity index (χ1v) is 7.86. The Morgan fingerprint density at radius 1 is 1.67 bits per heavy atom. The molecule has 6 heteroatoms. The molecule has 1 aliphatic heterocycles. The highest BCUT2D eigenvalue weighted by Gasteiger charge is 2.24. The van der Waals surface area contributed by atoms with E-state index in [2.05, 4.69) is 11.9 Å². The van der Waals surface area contributed by atoms with Gasteiger partial charge in [0, 0.05) is 35.3 Å². The van der Waals surface area contributed by atoms with Crippen LogP contribution in [0, 0.1) is 0 Å². The van der Waals surface area contributed by atoms with Gasteiger partial charge in [-0.05, 0) is 13.3 Å². The minimum absolute atomic E-state index is 0.00701. The molecule has 0 saturated carbocycles. The van der Waals surface area contributed by atoms with E-state index in [0.29, 0.717) is 11.4 Å². The molecule has 4 nitrogen and oxygen atoms in total. The summed E-state index contributed by atoms with van der Waals surface area (Å²) in [7, 11) is 0. The Morgan fingerprint density at radius 3 is 3.33 bits per heavy atom. The number of rotatable bonds is 3. The number of thioether (sulfide) groups is 1. The van der Waals surface area contributed by atoms with E-state index in [4.69, 9.17) is 4.74 Å². The molecule has 0 aromatic carbocycles. The van der Waals surface area contributed by atoms with Gasteiger partial charge < -0.3 is 4.74 Å². The van der Waals surface area contributed by atoms with Crippen molar-refractivity contribution < 1.29 is 4.74 Å². The van der Waals surface area contributed by atoms with E-state index in [9.17, 15) is 4.79 Å². The predicted octanol–water partition coefficient (Wildman–Crippen LogP) is 2.17. The first-order valence-electron chi connectivity index (χ1n) is 5.93. The quantitative estimate of drug-likeness (QED) is 0.865. The minimum Gasteiger partial charge on any atom is -0.377 e. The summed E-state index contributed by atoms with van der Waals surface area (Å²) >= 11 is 3.33. The van der Waals surface area contributed by atoms with E-state index >= 15 is 0 Å². The maximum atomic E-state index is 11.8. The summed E-state index contributed by atoms with van der Waals surface area (Å²) in [5.74, 6) is 0.780. The first kappa shape index (κ1) is 12.2. The van der Waals surface area contributed by atoms with Crippen LogP contribution in [0.2, 0.25) is 0 Å². The van der Waals surface area contributed by atoms with Gasteiger partial charge in [-0.3, -0.25) is 9.20 Å². The van der Waals surface area contributed by atoms with E-state index in [1.54, 1.807) is 16.7 Å². The molecule has 1 saturated heterocycles. The average molecular weight is 282 g/mol. The zero-order valence-corrected chi connectivity index (χ0v) is 11.7. The van der Waals surface area contributed by atoms with Crippen molar-refractivity contribution in [3.63, 3.8) is 0 Å². The third-order valence-electron chi connectivity index (χ3n) is 3.11. The van der Waals surface area contributed by atoms with Gasteiger partial charge in [0.1, 0.15) is 0 Å². The van der Waals surface area contributed by atoms with Crippen LogP contribution in [0.15, 0.2) is 22.4 Å². The van der Waals surface area contributed by atoms with Gasteiger partial charge in [-0.15, -0.1) is 23.1 Å².